The van der Waals surface area contributed by atoms with Gasteiger partial charge in [0.2, 0.25) is 5.89 Å². The lowest BCUT2D eigenvalue weighted by atomic mass is 9.99. The average molecular weight is 309 g/mol. The van der Waals surface area contributed by atoms with Crippen LogP contribution in [-0.4, -0.2) is 11.1 Å². The second kappa shape index (κ2) is 6.86. The van der Waals surface area contributed by atoms with Crippen molar-refractivity contribution in [2.24, 2.45) is 5.92 Å². The molecule has 0 radical (unpaired) electrons. The van der Waals surface area contributed by atoms with Gasteiger partial charge in [0.25, 0.3) is 0 Å². The number of nitrogens with zero attached hydrogens (tertiary/aromatic N) is 1. The van der Waals surface area contributed by atoms with E-state index >= 15 is 0 Å². The maximum absolute atomic E-state index is 6.30. The Morgan fingerprint density at radius 2 is 1.74 bits per heavy atom. The van der Waals surface area contributed by atoms with Crippen molar-refractivity contribution in [3.8, 4) is 17.2 Å². The van der Waals surface area contributed by atoms with E-state index < -0.39 is 0 Å². The van der Waals surface area contributed by atoms with Crippen LogP contribution in [0.15, 0.2) is 52.9 Å². The molecule has 0 amide bonds. The fourth-order valence-corrected chi connectivity index (χ4v) is 2.76. The molecule has 3 nitrogen and oxygen atoms in total. The second-order valence-corrected chi connectivity index (χ2v) is 5.93. The number of benzene rings is 2. The van der Waals surface area contributed by atoms with E-state index in [9.17, 15) is 0 Å². The van der Waals surface area contributed by atoms with E-state index in [1.807, 2.05) is 48.5 Å². The van der Waals surface area contributed by atoms with E-state index in [0.717, 1.165) is 35.3 Å². The number of aromatic nitrogens is 1. The Labute approximate surface area is 137 Å². The van der Waals surface area contributed by atoms with Gasteiger partial charge in [-0.3, -0.25) is 0 Å². The van der Waals surface area contributed by atoms with Gasteiger partial charge in [-0.15, -0.1) is 0 Å². The molecule has 0 saturated carbocycles. The van der Waals surface area contributed by atoms with Crippen LogP contribution in [0.25, 0.3) is 22.6 Å². The number of ether oxygens (including phenoxy) is 1. The summed E-state index contributed by atoms with van der Waals surface area (Å²) in [5.74, 6) is 1.96. The van der Waals surface area contributed by atoms with Crippen LogP contribution in [0.1, 0.15) is 33.6 Å². The molecule has 2 atom stereocenters. The number of oxazole rings is 1. The van der Waals surface area contributed by atoms with Crippen molar-refractivity contribution >= 4 is 11.1 Å². The summed E-state index contributed by atoms with van der Waals surface area (Å²) in [6.45, 7) is 6.60. The Kier molecular flexibility index (Phi) is 4.65. The summed E-state index contributed by atoms with van der Waals surface area (Å²) in [4.78, 5) is 4.60. The maximum atomic E-state index is 6.30. The number of para-hydroxylation sites is 3. The van der Waals surface area contributed by atoms with E-state index in [0.29, 0.717) is 11.8 Å². The first-order chi connectivity index (χ1) is 11.2. The summed E-state index contributed by atoms with van der Waals surface area (Å²) in [6, 6.07) is 15.8. The third-order valence-electron chi connectivity index (χ3n) is 4.37. The smallest absolute Gasteiger partial charge is 0.231 e. The molecule has 2 aromatic carbocycles. The van der Waals surface area contributed by atoms with Crippen molar-refractivity contribution in [2.75, 3.05) is 0 Å². The molecular weight excluding hydrogens is 286 g/mol. The van der Waals surface area contributed by atoms with Crippen molar-refractivity contribution in [1.82, 2.24) is 4.98 Å². The van der Waals surface area contributed by atoms with Crippen molar-refractivity contribution in [3.63, 3.8) is 0 Å². The molecule has 0 N–H and O–H groups in total. The first-order valence-electron chi connectivity index (χ1n) is 8.34. The van der Waals surface area contributed by atoms with Crippen LogP contribution >= 0.6 is 0 Å². The SMILES string of the molecule is CCC(C)C(CC)Oc1ccccc1-c1nc2ccccc2o1. The molecule has 0 aliphatic rings. The van der Waals surface area contributed by atoms with Gasteiger partial charge in [-0.25, -0.2) is 4.98 Å². The third kappa shape index (κ3) is 3.24. The molecule has 120 valence electrons. The standard InChI is InChI=1S/C20H23NO2/c1-4-14(3)17(5-2)22-18-12-8-6-10-15(18)20-21-16-11-7-9-13-19(16)23-20/h6-14,17H,4-5H2,1-3H3. The minimum atomic E-state index is 0.200. The highest BCUT2D eigenvalue weighted by Gasteiger charge is 2.19. The van der Waals surface area contributed by atoms with Gasteiger partial charge >= 0.3 is 0 Å². The fourth-order valence-electron chi connectivity index (χ4n) is 2.76. The van der Waals surface area contributed by atoms with Gasteiger partial charge in [0, 0.05) is 0 Å². The van der Waals surface area contributed by atoms with Gasteiger partial charge in [0.1, 0.15) is 17.4 Å². The van der Waals surface area contributed by atoms with Crippen molar-refractivity contribution < 1.29 is 9.15 Å². The average Bonchev–Trinajstić information content (AvgIpc) is 3.03. The van der Waals surface area contributed by atoms with E-state index in [1.54, 1.807) is 0 Å². The Morgan fingerprint density at radius 3 is 2.48 bits per heavy atom. The lowest BCUT2D eigenvalue weighted by Gasteiger charge is -2.24. The molecule has 3 heteroatoms. The molecule has 0 aliphatic heterocycles. The molecule has 1 aromatic heterocycles. The van der Waals surface area contributed by atoms with Gasteiger partial charge in [0.15, 0.2) is 5.58 Å². The van der Waals surface area contributed by atoms with Crippen molar-refractivity contribution in [2.45, 2.75) is 39.7 Å². The predicted octanol–water partition coefficient (Wildman–Crippen LogP) is 5.70. The molecule has 3 aromatic rings. The number of fused-ring (bicyclic) bond motifs is 1. The van der Waals surface area contributed by atoms with Gasteiger partial charge in [-0.1, -0.05) is 51.5 Å². The summed E-state index contributed by atoms with van der Waals surface area (Å²) in [7, 11) is 0. The summed E-state index contributed by atoms with van der Waals surface area (Å²) in [6.07, 6.45) is 2.28. The highest BCUT2D eigenvalue weighted by Crippen LogP contribution is 2.33. The largest absolute Gasteiger partial charge is 0.489 e. The van der Waals surface area contributed by atoms with Gasteiger partial charge in [-0.05, 0) is 36.6 Å². The van der Waals surface area contributed by atoms with Gasteiger partial charge in [-0.2, -0.15) is 0 Å². The Morgan fingerprint density at radius 1 is 1.00 bits per heavy atom. The molecule has 0 saturated heterocycles. The minimum absolute atomic E-state index is 0.200. The van der Waals surface area contributed by atoms with E-state index in [2.05, 4.69) is 25.8 Å². The van der Waals surface area contributed by atoms with Crippen molar-refractivity contribution in [3.05, 3.63) is 48.5 Å². The first-order valence-corrected chi connectivity index (χ1v) is 8.34. The third-order valence-corrected chi connectivity index (χ3v) is 4.37. The molecule has 0 spiro atoms. The second-order valence-electron chi connectivity index (χ2n) is 5.93. The van der Waals surface area contributed by atoms with Crippen LogP contribution in [0.2, 0.25) is 0 Å². The van der Waals surface area contributed by atoms with Crippen LogP contribution in [0.5, 0.6) is 5.75 Å². The Hall–Kier alpha value is -2.29. The summed E-state index contributed by atoms with van der Waals surface area (Å²) in [5, 5.41) is 0. The lowest BCUT2D eigenvalue weighted by Crippen LogP contribution is -2.23. The van der Waals surface area contributed by atoms with Crippen LogP contribution in [0.4, 0.5) is 0 Å². The van der Waals surface area contributed by atoms with Crippen LogP contribution < -0.4 is 4.74 Å². The molecule has 0 fully saturated rings. The molecule has 23 heavy (non-hydrogen) atoms. The molecule has 3 rings (SSSR count). The van der Waals surface area contributed by atoms with E-state index in [1.165, 1.54) is 0 Å². The highest BCUT2D eigenvalue weighted by molar-refractivity contribution is 5.77. The quantitative estimate of drug-likeness (QED) is 0.586. The van der Waals surface area contributed by atoms with Crippen LogP contribution in [-0.2, 0) is 0 Å². The molecule has 0 aliphatic carbocycles. The Bertz CT molecular complexity index is 745. The molecule has 0 bridgehead atoms. The van der Waals surface area contributed by atoms with Gasteiger partial charge < -0.3 is 9.15 Å². The monoisotopic (exact) mass is 309 g/mol. The van der Waals surface area contributed by atoms with E-state index in [-0.39, 0.29) is 6.10 Å². The Balaban J connectivity index is 1.97. The van der Waals surface area contributed by atoms with Crippen LogP contribution in [0.3, 0.4) is 0 Å². The lowest BCUT2D eigenvalue weighted by molar-refractivity contribution is 0.136. The van der Waals surface area contributed by atoms with Gasteiger partial charge in [0.05, 0.1) is 5.56 Å². The molecular formula is C20H23NO2. The maximum Gasteiger partial charge on any atom is 0.231 e. The highest BCUT2D eigenvalue weighted by atomic mass is 16.5. The summed E-state index contributed by atoms with van der Waals surface area (Å²) in [5.41, 5.74) is 2.57. The zero-order valence-corrected chi connectivity index (χ0v) is 14.0. The van der Waals surface area contributed by atoms with Crippen molar-refractivity contribution in [1.29, 1.82) is 0 Å². The molecule has 1 heterocycles. The minimum Gasteiger partial charge on any atom is -0.489 e. The zero-order valence-electron chi connectivity index (χ0n) is 14.0. The van der Waals surface area contributed by atoms with Crippen LogP contribution in [0, 0.1) is 5.92 Å². The molecule has 2 unspecified atom stereocenters. The number of hydrogen-bond donors (Lipinski definition) is 0. The summed E-state index contributed by atoms with van der Waals surface area (Å²) < 4.78 is 12.2. The zero-order chi connectivity index (χ0) is 16.2. The van der Waals surface area contributed by atoms with E-state index in [4.69, 9.17) is 9.15 Å². The first kappa shape index (κ1) is 15.6. The fraction of sp³-hybridized carbons (Fsp3) is 0.350. The summed E-state index contributed by atoms with van der Waals surface area (Å²) >= 11 is 0. The number of rotatable bonds is 6. The normalized spacial score (nSPS) is 13.9. The number of hydrogen-bond acceptors (Lipinski definition) is 3. The topological polar surface area (TPSA) is 35.3 Å². The predicted molar refractivity (Wildman–Crippen MR) is 93.6 cm³/mol.